The van der Waals surface area contributed by atoms with Crippen LogP contribution in [0.1, 0.15) is 40.5 Å². The van der Waals surface area contributed by atoms with E-state index in [-0.39, 0.29) is 0 Å². The van der Waals surface area contributed by atoms with Crippen molar-refractivity contribution in [3.63, 3.8) is 0 Å². The summed E-state index contributed by atoms with van der Waals surface area (Å²) in [5, 5.41) is 3.50. The molecule has 0 bridgehead atoms. The van der Waals surface area contributed by atoms with Gasteiger partial charge in [-0.15, -0.1) is 0 Å². The molecule has 0 aromatic heterocycles. The summed E-state index contributed by atoms with van der Waals surface area (Å²) in [4.78, 5) is 0. The van der Waals surface area contributed by atoms with Gasteiger partial charge in [-0.2, -0.15) is 0 Å². The summed E-state index contributed by atoms with van der Waals surface area (Å²) in [7, 11) is 0. The summed E-state index contributed by atoms with van der Waals surface area (Å²) < 4.78 is 5.54. The lowest BCUT2D eigenvalue weighted by molar-refractivity contribution is 0.0985. The smallest absolute Gasteiger partial charge is 0.0622 e. The molecule has 0 aliphatic heterocycles. The zero-order chi connectivity index (χ0) is 10.1. The van der Waals surface area contributed by atoms with Gasteiger partial charge < -0.3 is 10.1 Å². The van der Waals surface area contributed by atoms with Crippen LogP contribution in [0.2, 0.25) is 0 Å². The zero-order valence-corrected chi connectivity index (χ0v) is 9.60. The quantitative estimate of drug-likeness (QED) is 0.589. The first kappa shape index (κ1) is 12.9. The Bertz CT molecular complexity index is 104. The maximum absolute atomic E-state index is 5.54. The summed E-state index contributed by atoms with van der Waals surface area (Å²) >= 11 is 0. The highest BCUT2D eigenvalue weighted by molar-refractivity contribution is 4.69. The first-order chi connectivity index (χ1) is 6.22. The molecule has 0 spiro atoms. The highest BCUT2D eigenvalue weighted by atomic mass is 16.5. The van der Waals surface area contributed by atoms with Crippen molar-refractivity contribution in [2.24, 2.45) is 5.92 Å². The van der Waals surface area contributed by atoms with Gasteiger partial charge >= 0.3 is 0 Å². The molecule has 0 heterocycles. The fourth-order valence-electron chi connectivity index (χ4n) is 1.17. The molecule has 0 aliphatic carbocycles. The van der Waals surface area contributed by atoms with Crippen LogP contribution in [0.15, 0.2) is 0 Å². The first-order valence-electron chi connectivity index (χ1n) is 5.53. The van der Waals surface area contributed by atoms with Gasteiger partial charge in [-0.1, -0.05) is 27.7 Å². The molecule has 2 nitrogen and oxygen atoms in total. The number of rotatable bonds is 8. The summed E-state index contributed by atoms with van der Waals surface area (Å²) in [5.41, 5.74) is 0. The van der Waals surface area contributed by atoms with Gasteiger partial charge in [-0.25, -0.2) is 0 Å². The predicted octanol–water partition coefficient (Wildman–Crippen LogP) is 2.44. The van der Waals surface area contributed by atoms with Gasteiger partial charge in [0, 0.05) is 12.6 Å². The summed E-state index contributed by atoms with van der Waals surface area (Å²) in [6, 6.07) is 0.520. The Labute approximate surface area is 83.1 Å². The molecule has 0 rings (SSSR count). The minimum absolute atomic E-state index is 0.520. The molecule has 0 aromatic rings. The lowest BCUT2D eigenvalue weighted by Crippen LogP contribution is -2.38. The van der Waals surface area contributed by atoms with Gasteiger partial charge in [0.25, 0.3) is 0 Å². The van der Waals surface area contributed by atoms with E-state index in [1.807, 2.05) is 0 Å². The molecule has 1 N–H and O–H groups in total. The Hall–Kier alpha value is -0.0800. The lowest BCUT2D eigenvalue weighted by Gasteiger charge is -2.22. The van der Waals surface area contributed by atoms with Crippen molar-refractivity contribution in [3.8, 4) is 0 Å². The maximum atomic E-state index is 5.54. The molecule has 13 heavy (non-hydrogen) atoms. The van der Waals surface area contributed by atoms with Crippen LogP contribution in [-0.4, -0.2) is 25.8 Å². The number of ether oxygens (including phenoxy) is 1. The fourth-order valence-corrected chi connectivity index (χ4v) is 1.17. The average molecular weight is 187 g/mol. The van der Waals surface area contributed by atoms with E-state index in [4.69, 9.17) is 4.74 Å². The number of hydrogen-bond donors (Lipinski definition) is 1. The van der Waals surface area contributed by atoms with Crippen LogP contribution in [0, 0.1) is 5.92 Å². The minimum Gasteiger partial charge on any atom is -0.380 e. The third-order valence-corrected chi connectivity index (χ3v) is 2.11. The van der Waals surface area contributed by atoms with E-state index in [9.17, 15) is 0 Å². The molecule has 1 atom stereocenters. The van der Waals surface area contributed by atoms with Gasteiger partial charge in [0.1, 0.15) is 0 Å². The van der Waals surface area contributed by atoms with Crippen molar-refractivity contribution in [3.05, 3.63) is 0 Å². The van der Waals surface area contributed by atoms with Crippen LogP contribution in [0.4, 0.5) is 0 Å². The summed E-state index contributed by atoms with van der Waals surface area (Å²) in [5.74, 6) is 0.656. The topological polar surface area (TPSA) is 21.3 Å². The van der Waals surface area contributed by atoms with E-state index in [1.54, 1.807) is 0 Å². The molecule has 80 valence electrons. The molecule has 0 fully saturated rings. The summed E-state index contributed by atoms with van der Waals surface area (Å²) in [6.07, 6.45) is 2.30. The molecule has 0 aromatic carbocycles. The van der Waals surface area contributed by atoms with Crippen molar-refractivity contribution >= 4 is 0 Å². The van der Waals surface area contributed by atoms with Crippen molar-refractivity contribution in [2.45, 2.75) is 46.6 Å². The van der Waals surface area contributed by atoms with Gasteiger partial charge in [0.15, 0.2) is 0 Å². The molecular formula is C11H25NO. The van der Waals surface area contributed by atoms with E-state index in [0.29, 0.717) is 12.0 Å². The Balaban J connectivity index is 3.54. The second-order valence-electron chi connectivity index (χ2n) is 3.88. The second-order valence-corrected chi connectivity index (χ2v) is 3.88. The molecule has 0 radical (unpaired) electrons. The van der Waals surface area contributed by atoms with Gasteiger partial charge in [0.2, 0.25) is 0 Å². The Morgan fingerprint density at radius 2 is 1.85 bits per heavy atom. The predicted molar refractivity (Wildman–Crippen MR) is 58.0 cm³/mol. The second kappa shape index (κ2) is 8.52. The molecule has 0 saturated heterocycles. The zero-order valence-electron chi connectivity index (χ0n) is 9.60. The third kappa shape index (κ3) is 7.03. The number of nitrogens with one attached hydrogen (secondary N) is 1. The Morgan fingerprint density at radius 1 is 1.15 bits per heavy atom. The molecule has 0 amide bonds. The van der Waals surface area contributed by atoms with Crippen molar-refractivity contribution in [1.29, 1.82) is 0 Å². The molecule has 1 unspecified atom stereocenters. The van der Waals surface area contributed by atoms with Crippen LogP contribution in [0.25, 0.3) is 0 Å². The molecule has 0 aliphatic rings. The Kier molecular flexibility index (Phi) is 8.46. The summed E-state index contributed by atoms with van der Waals surface area (Å²) in [6.45, 7) is 11.6. The molecule has 2 heteroatoms. The SMILES string of the molecule is CCCNC(COCCC)C(C)C. The largest absolute Gasteiger partial charge is 0.380 e. The molecular weight excluding hydrogens is 162 g/mol. The van der Waals surface area contributed by atoms with Crippen molar-refractivity contribution in [2.75, 3.05) is 19.8 Å². The maximum Gasteiger partial charge on any atom is 0.0622 e. The van der Waals surface area contributed by atoms with Crippen molar-refractivity contribution < 1.29 is 4.74 Å². The van der Waals surface area contributed by atoms with E-state index < -0.39 is 0 Å². The third-order valence-electron chi connectivity index (χ3n) is 2.11. The normalized spacial score (nSPS) is 13.6. The van der Waals surface area contributed by atoms with E-state index in [0.717, 1.165) is 26.2 Å². The standard InChI is InChI=1S/C11H25NO/c1-5-7-12-11(10(3)4)9-13-8-6-2/h10-12H,5-9H2,1-4H3. The monoisotopic (exact) mass is 187 g/mol. The van der Waals surface area contributed by atoms with Crippen LogP contribution >= 0.6 is 0 Å². The van der Waals surface area contributed by atoms with Gasteiger partial charge in [-0.3, -0.25) is 0 Å². The van der Waals surface area contributed by atoms with Crippen LogP contribution in [0.3, 0.4) is 0 Å². The van der Waals surface area contributed by atoms with E-state index >= 15 is 0 Å². The van der Waals surface area contributed by atoms with Gasteiger partial charge in [-0.05, 0) is 25.3 Å². The highest BCUT2D eigenvalue weighted by Crippen LogP contribution is 2.02. The van der Waals surface area contributed by atoms with E-state index in [2.05, 4.69) is 33.0 Å². The van der Waals surface area contributed by atoms with Crippen LogP contribution in [-0.2, 0) is 4.74 Å². The fraction of sp³-hybridized carbons (Fsp3) is 1.00. The minimum atomic E-state index is 0.520. The van der Waals surface area contributed by atoms with Crippen LogP contribution in [0.5, 0.6) is 0 Å². The first-order valence-corrected chi connectivity index (χ1v) is 5.53. The number of hydrogen-bond acceptors (Lipinski definition) is 2. The Morgan fingerprint density at radius 3 is 2.31 bits per heavy atom. The highest BCUT2D eigenvalue weighted by Gasteiger charge is 2.11. The lowest BCUT2D eigenvalue weighted by atomic mass is 10.1. The average Bonchev–Trinajstić information content (AvgIpc) is 2.10. The van der Waals surface area contributed by atoms with Crippen molar-refractivity contribution in [1.82, 2.24) is 5.32 Å². The van der Waals surface area contributed by atoms with Gasteiger partial charge in [0.05, 0.1) is 6.61 Å². The van der Waals surface area contributed by atoms with Crippen LogP contribution < -0.4 is 5.32 Å². The van der Waals surface area contributed by atoms with E-state index in [1.165, 1.54) is 6.42 Å². The molecule has 0 saturated carbocycles.